The summed E-state index contributed by atoms with van der Waals surface area (Å²) in [5, 5.41) is 9.83. The molecule has 0 bridgehead atoms. The van der Waals surface area contributed by atoms with Crippen molar-refractivity contribution in [1.82, 2.24) is 0 Å². The van der Waals surface area contributed by atoms with Crippen molar-refractivity contribution in [3.8, 4) is 0 Å². The summed E-state index contributed by atoms with van der Waals surface area (Å²) in [5.74, 6) is -1.46. The maximum atomic E-state index is 12.9. The van der Waals surface area contributed by atoms with Gasteiger partial charge in [-0.2, -0.15) is 0 Å². The molecule has 0 saturated heterocycles. The molecule has 0 heterocycles. The Morgan fingerprint density at radius 1 is 0.382 bits per heavy atom. The highest BCUT2D eigenvalue weighted by Gasteiger charge is 2.28. The van der Waals surface area contributed by atoms with Gasteiger partial charge in [-0.15, -0.1) is 0 Å². The Bertz CT molecular complexity index is 1460. The molecule has 12 heteroatoms. The van der Waals surface area contributed by atoms with Crippen molar-refractivity contribution in [3.05, 3.63) is 48.6 Å². The molecule has 0 rings (SSSR count). The molecule has 0 fully saturated rings. The number of carbonyl (C=O) groups is 3. The first-order chi connectivity index (χ1) is 37.2. The molecule has 444 valence electrons. The summed E-state index contributed by atoms with van der Waals surface area (Å²) in [4.78, 5) is 48.7. The SMILES string of the molecule is CC/C=C\C/C=C\C/C=C\CCCCCCCC(=O)OC(CO)COP(=O)(O)OCC(COC(=O)CCCCCCCCC/C=C\CCCCCCCC)OC(=O)CCCCCCCCCCCCCCCCCCC. The second-order valence-electron chi connectivity index (χ2n) is 21.2. The molecular weight excluding hydrogens is 976 g/mol. The molecule has 0 amide bonds. The number of phosphoric acid groups is 1. The Morgan fingerprint density at radius 3 is 1.07 bits per heavy atom. The van der Waals surface area contributed by atoms with Gasteiger partial charge in [0.25, 0.3) is 0 Å². The first kappa shape index (κ1) is 73.4. The normalized spacial score (nSPS) is 13.6. The van der Waals surface area contributed by atoms with E-state index in [4.69, 9.17) is 23.3 Å². The minimum Gasteiger partial charge on any atom is -0.462 e. The van der Waals surface area contributed by atoms with Crippen LogP contribution in [0.4, 0.5) is 0 Å². The van der Waals surface area contributed by atoms with Crippen molar-refractivity contribution < 1.29 is 52.2 Å². The molecule has 0 aliphatic rings. The third-order valence-corrected chi connectivity index (χ3v) is 14.7. The third kappa shape index (κ3) is 56.2. The Balaban J connectivity index is 4.69. The Kier molecular flexibility index (Phi) is 56.6. The fourth-order valence-electron chi connectivity index (χ4n) is 8.96. The van der Waals surface area contributed by atoms with E-state index >= 15 is 0 Å². The van der Waals surface area contributed by atoms with Crippen LogP contribution in [0.1, 0.15) is 303 Å². The summed E-state index contributed by atoms with van der Waals surface area (Å²) in [6, 6.07) is 0. The number of hydrogen-bond donors (Lipinski definition) is 2. The monoisotopic (exact) mass is 1090 g/mol. The largest absolute Gasteiger partial charge is 0.472 e. The molecule has 0 saturated carbocycles. The number of hydrogen-bond acceptors (Lipinski definition) is 10. The second-order valence-corrected chi connectivity index (χ2v) is 22.7. The van der Waals surface area contributed by atoms with E-state index in [2.05, 4.69) is 69.4 Å². The van der Waals surface area contributed by atoms with E-state index < -0.39 is 57.8 Å². The summed E-state index contributed by atoms with van der Waals surface area (Å²) >= 11 is 0. The standard InChI is InChI=1S/C64H117O11P/c1-4-7-10-13-16-19-22-25-28-30-33-35-38-41-44-47-50-53-62(66)71-57-61(75-64(68)55-52-49-46-43-40-37-34-31-29-26-23-20-17-14-11-8-5-2)59-73-76(69,70)72-58-60(56-65)74-63(67)54-51-48-45-42-39-36-32-27-24-21-18-15-12-9-6-3/h9,12,18,21,25,27-28,32,60-61,65H,4-8,10-11,13-17,19-20,22-24,26,29-31,33-59H2,1-3H3,(H,69,70)/b12-9-,21-18-,28-25-,32-27-. The van der Waals surface area contributed by atoms with Gasteiger partial charge in [0.1, 0.15) is 12.7 Å². The van der Waals surface area contributed by atoms with E-state index in [1.807, 2.05) is 0 Å². The Labute approximate surface area is 466 Å². The number of aliphatic hydroxyl groups is 1. The molecule has 0 radical (unpaired) electrons. The molecular formula is C64H117O11P. The molecule has 0 aliphatic heterocycles. The first-order valence-electron chi connectivity index (χ1n) is 31.5. The molecule has 0 spiro atoms. The maximum Gasteiger partial charge on any atom is 0.472 e. The van der Waals surface area contributed by atoms with Gasteiger partial charge in [-0.1, -0.05) is 256 Å². The van der Waals surface area contributed by atoms with E-state index in [0.29, 0.717) is 19.3 Å². The second kappa shape index (κ2) is 58.6. The lowest BCUT2D eigenvalue weighted by Gasteiger charge is -2.21. The van der Waals surface area contributed by atoms with Crippen molar-refractivity contribution >= 4 is 25.7 Å². The van der Waals surface area contributed by atoms with E-state index in [-0.39, 0.29) is 25.9 Å². The van der Waals surface area contributed by atoms with Crippen LogP contribution in [-0.2, 0) is 42.2 Å². The van der Waals surface area contributed by atoms with Crippen molar-refractivity contribution in [2.75, 3.05) is 26.4 Å². The van der Waals surface area contributed by atoms with Gasteiger partial charge in [-0.3, -0.25) is 23.4 Å². The van der Waals surface area contributed by atoms with Crippen LogP contribution in [0.5, 0.6) is 0 Å². The van der Waals surface area contributed by atoms with Crippen LogP contribution in [0, 0.1) is 0 Å². The van der Waals surface area contributed by atoms with Gasteiger partial charge in [-0.25, -0.2) is 4.57 Å². The fraction of sp³-hybridized carbons (Fsp3) is 0.828. The molecule has 11 nitrogen and oxygen atoms in total. The number of ether oxygens (including phenoxy) is 3. The van der Waals surface area contributed by atoms with Crippen molar-refractivity contribution in [2.24, 2.45) is 0 Å². The number of rotatable bonds is 59. The quantitative estimate of drug-likeness (QED) is 0.0197. The summed E-state index contributed by atoms with van der Waals surface area (Å²) in [6.07, 6.45) is 63.5. The zero-order chi connectivity index (χ0) is 55.5. The fourth-order valence-corrected chi connectivity index (χ4v) is 9.74. The van der Waals surface area contributed by atoms with Crippen LogP contribution in [0.3, 0.4) is 0 Å². The molecule has 0 aromatic heterocycles. The van der Waals surface area contributed by atoms with Crippen LogP contribution in [0.25, 0.3) is 0 Å². The van der Waals surface area contributed by atoms with Gasteiger partial charge >= 0.3 is 25.7 Å². The van der Waals surface area contributed by atoms with Crippen molar-refractivity contribution in [2.45, 2.75) is 315 Å². The highest BCUT2D eigenvalue weighted by atomic mass is 31.2. The predicted octanol–water partition coefficient (Wildman–Crippen LogP) is 18.9. The number of aliphatic hydroxyl groups excluding tert-OH is 1. The van der Waals surface area contributed by atoms with Gasteiger partial charge in [0.15, 0.2) is 6.10 Å². The zero-order valence-electron chi connectivity index (χ0n) is 49.2. The van der Waals surface area contributed by atoms with E-state index in [9.17, 15) is 28.9 Å². The first-order valence-corrected chi connectivity index (χ1v) is 33.0. The molecule has 3 unspecified atom stereocenters. The number of esters is 3. The topological polar surface area (TPSA) is 155 Å². The van der Waals surface area contributed by atoms with Gasteiger partial charge in [0.2, 0.25) is 0 Å². The van der Waals surface area contributed by atoms with Crippen LogP contribution in [-0.4, -0.2) is 66.5 Å². The molecule has 0 aromatic rings. The average molecular weight is 1090 g/mol. The highest BCUT2D eigenvalue weighted by Crippen LogP contribution is 2.43. The number of unbranched alkanes of at least 4 members (excludes halogenated alkanes) is 34. The Hall–Kier alpha value is -2.56. The van der Waals surface area contributed by atoms with E-state index in [1.54, 1.807) is 0 Å². The molecule has 76 heavy (non-hydrogen) atoms. The molecule has 3 atom stereocenters. The number of allylic oxidation sites excluding steroid dienone is 8. The number of carbonyl (C=O) groups excluding carboxylic acids is 3. The molecule has 0 aliphatic carbocycles. The van der Waals surface area contributed by atoms with Crippen LogP contribution < -0.4 is 0 Å². The van der Waals surface area contributed by atoms with Gasteiger partial charge in [-0.05, 0) is 77.0 Å². The lowest BCUT2D eigenvalue weighted by molar-refractivity contribution is -0.161. The lowest BCUT2D eigenvalue weighted by atomic mass is 10.0. The average Bonchev–Trinajstić information content (AvgIpc) is 3.41. The van der Waals surface area contributed by atoms with Gasteiger partial charge in [0, 0.05) is 19.3 Å². The number of phosphoric ester groups is 1. The summed E-state index contributed by atoms with van der Waals surface area (Å²) in [5.41, 5.74) is 0. The Morgan fingerprint density at radius 2 is 0.684 bits per heavy atom. The summed E-state index contributed by atoms with van der Waals surface area (Å²) in [7, 11) is -4.75. The minimum absolute atomic E-state index is 0.159. The third-order valence-electron chi connectivity index (χ3n) is 13.7. The predicted molar refractivity (Wildman–Crippen MR) is 316 cm³/mol. The van der Waals surface area contributed by atoms with Crippen molar-refractivity contribution in [3.63, 3.8) is 0 Å². The summed E-state index contributed by atoms with van der Waals surface area (Å²) < 4.78 is 39.6. The van der Waals surface area contributed by atoms with Crippen LogP contribution in [0.15, 0.2) is 48.6 Å². The smallest absolute Gasteiger partial charge is 0.462 e. The van der Waals surface area contributed by atoms with Gasteiger partial charge in [0.05, 0.1) is 19.8 Å². The summed E-state index contributed by atoms with van der Waals surface area (Å²) in [6.45, 7) is 4.56. The van der Waals surface area contributed by atoms with Crippen LogP contribution >= 0.6 is 7.82 Å². The van der Waals surface area contributed by atoms with E-state index in [0.717, 1.165) is 96.3 Å². The molecule has 2 N–H and O–H groups in total. The lowest BCUT2D eigenvalue weighted by Crippen LogP contribution is -2.30. The zero-order valence-corrected chi connectivity index (χ0v) is 50.1. The van der Waals surface area contributed by atoms with E-state index in [1.165, 1.54) is 148 Å². The van der Waals surface area contributed by atoms with Gasteiger partial charge < -0.3 is 24.2 Å². The highest BCUT2D eigenvalue weighted by molar-refractivity contribution is 7.47. The van der Waals surface area contributed by atoms with Crippen molar-refractivity contribution in [1.29, 1.82) is 0 Å². The minimum atomic E-state index is -4.75. The molecule has 0 aromatic carbocycles. The maximum absolute atomic E-state index is 12.9. The van der Waals surface area contributed by atoms with Crippen LogP contribution in [0.2, 0.25) is 0 Å².